The van der Waals surface area contributed by atoms with E-state index in [9.17, 15) is 9.59 Å². The van der Waals surface area contributed by atoms with Gasteiger partial charge < -0.3 is 14.5 Å². The predicted molar refractivity (Wildman–Crippen MR) is 98.8 cm³/mol. The van der Waals surface area contributed by atoms with Gasteiger partial charge in [0.1, 0.15) is 5.60 Å². The number of carbonyl (C=O) groups is 2. The van der Waals surface area contributed by atoms with Crippen molar-refractivity contribution < 1.29 is 14.3 Å². The predicted octanol–water partition coefficient (Wildman–Crippen LogP) is 3.33. The van der Waals surface area contributed by atoms with E-state index in [4.69, 9.17) is 4.74 Å². The number of hydrogen-bond acceptors (Lipinski definition) is 4. The molecule has 2 fully saturated rings. The second kappa shape index (κ2) is 7.64. The summed E-state index contributed by atoms with van der Waals surface area (Å²) in [5.74, 6) is 0.337. The molecule has 0 aromatic carbocycles. The number of pyridine rings is 1. The van der Waals surface area contributed by atoms with Crippen LogP contribution < -0.4 is 0 Å². The summed E-state index contributed by atoms with van der Waals surface area (Å²) in [6, 6.07) is 3.76. The Kier molecular flexibility index (Phi) is 5.49. The molecular weight excluding hydrogens is 330 g/mol. The summed E-state index contributed by atoms with van der Waals surface area (Å²) in [5, 5.41) is 0. The van der Waals surface area contributed by atoms with Crippen LogP contribution in [-0.2, 0) is 4.74 Å². The standard InChI is InChI=1S/C20H29N3O3/c1-20(2,3)26-19(25)23-12-6-9-17(23)16-8-5-11-22(14-16)18(24)15-7-4-10-21-13-15/h4,7,10,13,16-17H,5-6,8-9,11-12,14H2,1-3H3/t16-,17+/m1/s1. The molecule has 3 rings (SSSR count). The number of hydrogen-bond donors (Lipinski definition) is 0. The van der Waals surface area contributed by atoms with Crippen molar-refractivity contribution in [3.63, 3.8) is 0 Å². The highest BCUT2D eigenvalue weighted by molar-refractivity contribution is 5.93. The van der Waals surface area contributed by atoms with Crippen molar-refractivity contribution in [3.05, 3.63) is 30.1 Å². The van der Waals surface area contributed by atoms with Crippen molar-refractivity contribution in [1.82, 2.24) is 14.8 Å². The van der Waals surface area contributed by atoms with Crippen LogP contribution in [0.25, 0.3) is 0 Å². The number of amides is 2. The molecule has 2 aliphatic rings. The Morgan fingerprint density at radius 2 is 1.96 bits per heavy atom. The Labute approximate surface area is 155 Å². The normalized spacial score (nSPS) is 23.8. The van der Waals surface area contributed by atoms with Crippen LogP contribution in [0.5, 0.6) is 0 Å². The summed E-state index contributed by atoms with van der Waals surface area (Å²) >= 11 is 0. The van der Waals surface area contributed by atoms with E-state index in [-0.39, 0.29) is 18.0 Å². The van der Waals surface area contributed by atoms with Crippen LogP contribution in [0.4, 0.5) is 4.79 Å². The minimum absolute atomic E-state index is 0.0321. The quantitative estimate of drug-likeness (QED) is 0.812. The van der Waals surface area contributed by atoms with Gasteiger partial charge in [-0.1, -0.05) is 0 Å². The second-order valence-corrected chi connectivity index (χ2v) is 8.28. The number of likely N-dealkylation sites (tertiary alicyclic amines) is 2. The Morgan fingerprint density at radius 1 is 1.19 bits per heavy atom. The maximum Gasteiger partial charge on any atom is 0.410 e. The molecule has 142 valence electrons. The minimum Gasteiger partial charge on any atom is -0.444 e. The van der Waals surface area contributed by atoms with Gasteiger partial charge in [-0.25, -0.2) is 4.79 Å². The van der Waals surface area contributed by atoms with Crippen LogP contribution in [0.3, 0.4) is 0 Å². The molecule has 0 unspecified atom stereocenters. The number of aromatic nitrogens is 1. The lowest BCUT2D eigenvalue weighted by atomic mass is 9.89. The zero-order valence-electron chi connectivity index (χ0n) is 16.0. The lowest BCUT2D eigenvalue weighted by Crippen LogP contribution is -2.49. The first kappa shape index (κ1) is 18.7. The van der Waals surface area contributed by atoms with Crippen molar-refractivity contribution in [2.24, 2.45) is 5.92 Å². The van der Waals surface area contributed by atoms with E-state index >= 15 is 0 Å². The van der Waals surface area contributed by atoms with Crippen molar-refractivity contribution >= 4 is 12.0 Å². The maximum absolute atomic E-state index is 12.7. The molecule has 1 aromatic rings. The van der Waals surface area contributed by atoms with E-state index in [0.29, 0.717) is 18.0 Å². The second-order valence-electron chi connectivity index (χ2n) is 8.28. The molecule has 26 heavy (non-hydrogen) atoms. The molecule has 0 saturated carbocycles. The van der Waals surface area contributed by atoms with Crippen molar-refractivity contribution in [1.29, 1.82) is 0 Å². The number of ether oxygens (including phenoxy) is 1. The lowest BCUT2D eigenvalue weighted by Gasteiger charge is -2.39. The molecule has 0 N–H and O–H groups in total. The molecule has 1 aromatic heterocycles. The highest BCUT2D eigenvalue weighted by Crippen LogP contribution is 2.32. The van der Waals surface area contributed by atoms with Gasteiger partial charge >= 0.3 is 6.09 Å². The number of nitrogens with zero attached hydrogens (tertiary/aromatic N) is 3. The van der Waals surface area contributed by atoms with Gasteiger partial charge in [0.05, 0.1) is 5.56 Å². The maximum atomic E-state index is 12.7. The highest BCUT2D eigenvalue weighted by atomic mass is 16.6. The summed E-state index contributed by atoms with van der Waals surface area (Å²) in [5.41, 5.74) is 0.141. The molecule has 0 spiro atoms. The highest BCUT2D eigenvalue weighted by Gasteiger charge is 2.39. The van der Waals surface area contributed by atoms with E-state index in [0.717, 1.165) is 38.8 Å². The average molecular weight is 359 g/mol. The van der Waals surface area contributed by atoms with Gasteiger partial charge in [0.15, 0.2) is 0 Å². The van der Waals surface area contributed by atoms with Crippen LogP contribution in [0.1, 0.15) is 56.8 Å². The van der Waals surface area contributed by atoms with Gasteiger partial charge in [-0.3, -0.25) is 9.78 Å². The van der Waals surface area contributed by atoms with Crippen LogP contribution in [-0.4, -0.2) is 58.1 Å². The van der Waals surface area contributed by atoms with E-state index in [1.165, 1.54) is 0 Å². The molecule has 0 aliphatic carbocycles. The van der Waals surface area contributed by atoms with E-state index < -0.39 is 5.60 Å². The van der Waals surface area contributed by atoms with Crippen LogP contribution >= 0.6 is 0 Å². The Morgan fingerprint density at radius 3 is 2.65 bits per heavy atom. The topological polar surface area (TPSA) is 62.7 Å². The number of rotatable bonds is 2. The molecule has 0 bridgehead atoms. The van der Waals surface area contributed by atoms with Gasteiger partial charge in [-0.05, 0) is 64.5 Å². The minimum atomic E-state index is -0.487. The summed E-state index contributed by atoms with van der Waals surface area (Å²) in [4.78, 5) is 33.2. The van der Waals surface area contributed by atoms with Gasteiger partial charge in [-0.15, -0.1) is 0 Å². The van der Waals surface area contributed by atoms with Gasteiger partial charge in [0.2, 0.25) is 0 Å². The Hall–Kier alpha value is -2.11. The van der Waals surface area contributed by atoms with E-state index in [1.54, 1.807) is 18.5 Å². The van der Waals surface area contributed by atoms with Crippen molar-refractivity contribution in [2.75, 3.05) is 19.6 Å². The number of carbonyl (C=O) groups excluding carboxylic acids is 2. The fourth-order valence-electron chi connectivity index (χ4n) is 4.01. The monoisotopic (exact) mass is 359 g/mol. The average Bonchev–Trinajstić information content (AvgIpc) is 3.10. The van der Waals surface area contributed by atoms with E-state index in [2.05, 4.69) is 4.98 Å². The molecule has 6 nitrogen and oxygen atoms in total. The smallest absolute Gasteiger partial charge is 0.410 e. The lowest BCUT2D eigenvalue weighted by molar-refractivity contribution is 0.0127. The molecule has 6 heteroatoms. The third kappa shape index (κ3) is 4.34. The van der Waals surface area contributed by atoms with Crippen molar-refractivity contribution in [3.8, 4) is 0 Å². The van der Waals surface area contributed by atoms with Crippen LogP contribution in [0, 0.1) is 5.92 Å². The molecule has 3 heterocycles. The Bertz CT molecular complexity index is 641. The molecular formula is C20H29N3O3. The SMILES string of the molecule is CC(C)(C)OC(=O)N1CCC[C@H]1[C@@H]1CCCN(C(=O)c2cccnc2)C1. The van der Waals surface area contributed by atoms with Gasteiger partial charge in [0.25, 0.3) is 5.91 Å². The molecule has 2 amide bonds. The van der Waals surface area contributed by atoms with E-state index in [1.807, 2.05) is 36.6 Å². The third-order valence-electron chi connectivity index (χ3n) is 5.12. The first-order valence-corrected chi connectivity index (χ1v) is 9.54. The largest absolute Gasteiger partial charge is 0.444 e. The fourth-order valence-corrected chi connectivity index (χ4v) is 4.01. The summed E-state index contributed by atoms with van der Waals surface area (Å²) in [7, 11) is 0. The molecule has 2 aliphatic heterocycles. The summed E-state index contributed by atoms with van der Waals surface area (Å²) in [6.07, 6.45) is 7.06. The molecule has 2 saturated heterocycles. The van der Waals surface area contributed by atoms with Crippen LogP contribution in [0.15, 0.2) is 24.5 Å². The number of piperidine rings is 1. The fraction of sp³-hybridized carbons (Fsp3) is 0.650. The first-order valence-electron chi connectivity index (χ1n) is 9.54. The van der Waals surface area contributed by atoms with Crippen LogP contribution in [0.2, 0.25) is 0 Å². The summed E-state index contributed by atoms with van der Waals surface area (Å²) < 4.78 is 5.58. The van der Waals surface area contributed by atoms with Gasteiger partial charge in [0, 0.05) is 38.1 Å². The third-order valence-corrected chi connectivity index (χ3v) is 5.12. The van der Waals surface area contributed by atoms with Gasteiger partial charge in [-0.2, -0.15) is 0 Å². The first-order chi connectivity index (χ1) is 12.3. The molecule has 2 atom stereocenters. The molecule has 0 radical (unpaired) electrons. The zero-order valence-corrected chi connectivity index (χ0v) is 16.0. The summed E-state index contributed by atoms with van der Waals surface area (Å²) in [6.45, 7) is 7.88. The Balaban J connectivity index is 1.67. The van der Waals surface area contributed by atoms with Crippen molar-refractivity contribution in [2.45, 2.75) is 58.1 Å². The zero-order chi connectivity index (χ0) is 18.7.